The van der Waals surface area contributed by atoms with Gasteiger partial charge in [0.1, 0.15) is 5.75 Å². The number of halogens is 2. The summed E-state index contributed by atoms with van der Waals surface area (Å²) in [6, 6.07) is 12.8. The lowest BCUT2D eigenvalue weighted by Crippen LogP contribution is -2.40. The van der Waals surface area contributed by atoms with Crippen molar-refractivity contribution in [1.29, 1.82) is 0 Å². The van der Waals surface area contributed by atoms with E-state index in [1.807, 2.05) is 24.3 Å². The fraction of sp³-hybridized carbons (Fsp3) is 0.273. The second-order valence-electron chi connectivity index (χ2n) is 6.97. The monoisotopic (exact) mass is 415 g/mol. The molecule has 0 radical (unpaired) electrons. The number of hydrogen-bond donors (Lipinski definition) is 0. The Morgan fingerprint density at radius 2 is 1.79 bits per heavy atom. The molecule has 1 heterocycles. The van der Waals surface area contributed by atoms with E-state index in [1.165, 1.54) is 0 Å². The fourth-order valence-corrected chi connectivity index (χ4v) is 4.44. The maximum absolute atomic E-state index is 13.2. The number of ketones is 1. The molecule has 28 heavy (non-hydrogen) atoms. The van der Waals surface area contributed by atoms with Gasteiger partial charge in [-0.1, -0.05) is 41.4 Å². The number of hydrogen-bond acceptors (Lipinski definition) is 3. The van der Waals surface area contributed by atoms with Gasteiger partial charge in [0.05, 0.1) is 22.8 Å². The van der Waals surface area contributed by atoms with E-state index in [2.05, 4.69) is 0 Å². The number of carbonyl (C=O) groups excluding carboxylic acids is 2. The van der Waals surface area contributed by atoms with Crippen molar-refractivity contribution in [1.82, 2.24) is 0 Å². The molecule has 0 bridgehead atoms. The van der Waals surface area contributed by atoms with E-state index < -0.39 is 0 Å². The van der Waals surface area contributed by atoms with Gasteiger partial charge in [0.25, 0.3) is 0 Å². The minimum atomic E-state index is -0.254. The highest BCUT2D eigenvalue weighted by Crippen LogP contribution is 2.45. The first kappa shape index (κ1) is 19.0. The van der Waals surface area contributed by atoms with Crippen LogP contribution < -0.4 is 9.64 Å². The van der Waals surface area contributed by atoms with Crippen LogP contribution in [0.1, 0.15) is 37.2 Å². The molecule has 4 nitrogen and oxygen atoms in total. The molecule has 1 atom stereocenters. The predicted octanol–water partition coefficient (Wildman–Crippen LogP) is 5.53. The van der Waals surface area contributed by atoms with Crippen molar-refractivity contribution in [3.05, 3.63) is 69.3 Å². The third kappa shape index (κ3) is 3.21. The molecule has 1 aliphatic heterocycles. The average molecular weight is 416 g/mol. The lowest BCUT2D eigenvalue weighted by atomic mass is 9.77. The third-order valence-electron chi connectivity index (χ3n) is 5.37. The highest BCUT2D eigenvalue weighted by atomic mass is 35.5. The summed E-state index contributed by atoms with van der Waals surface area (Å²) in [5.74, 6) is 0.494. The Hall–Kier alpha value is -2.30. The number of carbonyl (C=O) groups is 2. The molecule has 6 heteroatoms. The van der Waals surface area contributed by atoms with Crippen molar-refractivity contribution >= 4 is 40.6 Å². The summed E-state index contributed by atoms with van der Waals surface area (Å²) in [5, 5.41) is 0.707. The van der Waals surface area contributed by atoms with Crippen LogP contribution in [0.2, 0.25) is 10.0 Å². The molecule has 1 aliphatic carbocycles. The topological polar surface area (TPSA) is 46.6 Å². The number of ether oxygens (including phenoxy) is 1. The molecule has 2 aromatic rings. The van der Waals surface area contributed by atoms with Crippen LogP contribution in [0.15, 0.2) is 53.7 Å². The lowest BCUT2D eigenvalue weighted by molar-refractivity contribution is -0.119. The van der Waals surface area contributed by atoms with Gasteiger partial charge in [0.15, 0.2) is 5.78 Å². The molecule has 2 aliphatic rings. The van der Waals surface area contributed by atoms with Gasteiger partial charge in [-0.25, -0.2) is 0 Å². The number of nitrogens with zero attached hydrogens (tertiary/aromatic N) is 1. The van der Waals surface area contributed by atoms with E-state index >= 15 is 0 Å². The normalized spacial score (nSPS) is 19.7. The third-order valence-corrected chi connectivity index (χ3v) is 6.17. The molecule has 0 aromatic heterocycles. The molecule has 0 fully saturated rings. The summed E-state index contributed by atoms with van der Waals surface area (Å²) in [7, 11) is 1.61. The molecule has 0 saturated heterocycles. The van der Waals surface area contributed by atoms with Crippen LogP contribution in [0.3, 0.4) is 0 Å². The Balaban J connectivity index is 1.85. The van der Waals surface area contributed by atoms with Gasteiger partial charge in [-0.3, -0.25) is 14.5 Å². The zero-order chi connectivity index (χ0) is 19.8. The lowest BCUT2D eigenvalue weighted by Gasteiger charge is -2.38. The first-order chi connectivity index (χ1) is 13.5. The Labute approximate surface area is 173 Å². The van der Waals surface area contributed by atoms with Crippen LogP contribution in [0.4, 0.5) is 5.69 Å². The highest BCUT2D eigenvalue weighted by Gasteiger charge is 2.40. The van der Waals surface area contributed by atoms with Crippen LogP contribution in [-0.4, -0.2) is 18.8 Å². The Kier molecular flexibility index (Phi) is 5.17. The Bertz CT molecular complexity index is 982. The smallest absolute Gasteiger partial charge is 0.232 e. The Morgan fingerprint density at radius 1 is 1.04 bits per heavy atom. The minimum absolute atomic E-state index is 0.0848. The number of amides is 1. The van der Waals surface area contributed by atoms with Crippen molar-refractivity contribution in [2.24, 2.45) is 0 Å². The maximum Gasteiger partial charge on any atom is 0.232 e. The largest absolute Gasteiger partial charge is 0.497 e. The van der Waals surface area contributed by atoms with Crippen LogP contribution in [0.5, 0.6) is 5.75 Å². The number of benzene rings is 2. The Morgan fingerprint density at radius 3 is 2.50 bits per heavy atom. The molecule has 2 aromatic carbocycles. The van der Waals surface area contributed by atoms with E-state index in [0.29, 0.717) is 34.1 Å². The first-order valence-corrected chi connectivity index (χ1v) is 9.94. The summed E-state index contributed by atoms with van der Waals surface area (Å²) in [4.78, 5) is 27.7. The number of anilines is 1. The van der Waals surface area contributed by atoms with Gasteiger partial charge < -0.3 is 4.74 Å². The summed E-state index contributed by atoms with van der Waals surface area (Å²) in [5.41, 5.74) is 2.94. The van der Waals surface area contributed by atoms with Crippen molar-refractivity contribution in [3.8, 4) is 5.75 Å². The van der Waals surface area contributed by atoms with Crippen LogP contribution in [-0.2, 0) is 9.59 Å². The van der Waals surface area contributed by atoms with Crippen LogP contribution in [0.25, 0.3) is 0 Å². The second-order valence-corrected chi connectivity index (χ2v) is 7.75. The SMILES string of the molecule is COc1ccc(C2CC(=O)N(c3cccc(Cl)c3Cl)C3=C2C(=O)CCC3)cc1. The van der Waals surface area contributed by atoms with Crippen molar-refractivity contribution in [3.63, 3.8) is 0 Å². The molecule has 0 saturated carbocycles. The van der Waals surface area contributed by atoms with Gasteiger partial charge in [0.2, 0.25) is 5.91 Å². The predicted molar refractivity (Wildman–Crippen MR) is 110 cm³/mol. The number of Topliss-reactive ketones (excluding diaryl/α,β-unsaturated/α-hetero) is 1. The second kappa shape index (κ2) is 7.61. The van der Waals surface area contributed by atoms with Crippen molar-refractivity contribution < 1.29 is 14.3 Å². The summed E-state index contributed by atoms with van der Waals surface area (Å²) in [6.07, 6.45) is 2.08. The quantitative estimate of drug-likeness (QED) is 0.661. The molecular weight excluding hydrogens is 397 g/mol. The molecule has 144 valence electrons. The summed E-state index contributed by atoms with van der Waals surface area (Å²) in [6.45, 7) is 0. The minimum Gasteiger partial charge on any atom is -0.497 e. The number of allylic oxidation sites excluding steroid dienone is 2. The van der Waals surface area contributed by atoms with Gasteiger partial charge in [0, 0.05) is 30.0 Å². The molecule has 0 spiro atoms. The fourth-order valence-electron chi connectivity index (χ4n) is 4.06. The van der Waals surface area contributed by atoms with Crippen molar-refractivity contribution in [2.75, 3.05) is 12.0 Å². The van der Waals surface area contributed by atoms with E-state index in [9.17, 15) is 9.59 Å². The molecule has 4 rings (SSSR count). The van der Waals surface area contributed by atoms with Crippen molar-refractivity contribution in [2.45, 2.75) is 31.6 Å². The first-order valence-electron chi connectivity index (χ1n) is 9.18. The molecule has 1 unspecified atom stereocenters. The summed E-state index contributed by atoms with van der Waals surface area (Å²) >= 11 is 12.6. The average Bonchev–Trinajstić information content (AvgIpc) is 2.70. The zero-order valence-electron chi connectivity index (χ0n) is 15.4. The van der Waals surface area contributed by atoms with E-state index in [-0.39, 0.29) is 24.0 Å². The van der Waals surface area contributed by atoms with Crippen LogP contribution in [0, 0.1) is 0 Å². The molecule has 1 amide bonds. The highest BCUT2D eigenvalue weighted by molar-refractivity contribution is 6.44. The summed E-state index contributed by atoms with van der Waals surface area (Å²) < 4.78 is 5.22. The molecular formula is C22H19Cl2NO3. The zero-order valence-corrected chi connectivity index (χ0v) is 16.9. The van der Waals surface area contributed by atoms with Gasteiger partial charge >= 0.3 is 0 Å². The van der Waals surface area contributed by atoms with Gasteiger partial charge in [-0.15, -0.1) is 0 Å². The van der Waals surface area contributed by atoms with Crippen LogP contribution >= 0.6 is 23.2 Å². The number of rotatable bonds is 3. The number of methoxy groups -OCH3 is 1. The molecule has 0 N–H and O–H groups in total. The standard InChI is InChI=1S/C22H19Cl2NO3/c1-28-14-10-8-13(9-11-14)15-12-20(27)25(17-5-3-7-19(26)21(15)17)18-6-2-4-16(23)22(18)24/h2,4,6,8-11,15H,3,5,7,12H2,1H3. The van der Waals surface area contributed by atoms with Gasteiger partial charge in [-0.05, 0) is 42.7 Å². The maximum atomic E-state index is 13.2. The van der Waals surface area contributed by atoms with E-state index in [4.69, 9.17) is 27.9 Å². The van der Waals surface area contributed by atoms with Gasteiger partial charge in [-0.2, -0.15) is 0 Å². The van der Waals surface area contributed by atoms with E-state index in [1.54, 1.807) is 30.2 Å². The van der Waals surface area contributed by atoms with E-state index in [0.717, 1.165) is 23.4 Å².